The molecule has 0 aromatic carbocycles. The van der Waals surface area contributed by atoms with Crippen molar-refractivity contribution in [2.45, 2.75) is 31.7 Å². The molecule has 1 aliphatic rings. The van der Waals surface area contributed by atoms with Gasteiger partial charge in [0, 0.05) is 6.04 Å². The van der Waals surface area contributed by atoms with Crippen molar-refractivity contribution in [2.24, 2.45) is 0 Å². The Morgan fingerprint density at radius 1 is 1.54 bits per heavy atom. The first-order valence-electron chi connectivity index (χ1n) is 4.81. The molecule has 2 rings (SSSR count). The van der Waals surface area contributed by atoms with Crippen molar-refractivity contribution < 1.29 is 4.42 Å². The third kappa shape index (κ3) is 2.58. The van der Waals surface area contributed by atoms with Crippen LogP contribution in [0.4, 0.5) is 0 Å². The molecule has 1 unspecified atom stereocenters. The average Bonchev–Trinajstić information content (AvgIpc) is 2.53. The van der Waals surface area contributed by atoms with E-state index in [1.807, 2.05) is 6.26 Å². The van der Waals surface area contributed by atoms with Gasteiger partial charge in [0.15, 0.2) is 4.67 Å². The second-order valence-electron chi connectivity index (χ2n) is 3.61. The second-order valence-corrected chi connectivity index (χ2v) is 4.39. The maximum Gasteiger partial charge on any atom is 0.169 e. The van der Waals surface area contributed by atoms with Gasteiger partial charge in [-0.2, -0.15) is 0 Å². The smallest absolute Gasteiger partial charge is 0.169 e. The van der Waals surface area contributed by atoms with E-state index < -0.39 is 0 Å². The minimum Gasteiger partial charge on any atom is -0.457 e. The van der Waals surface area contributed by atoms with Gasteiger partial charge in [0.2, 0.25) is 0 Å². The molecule has 72 valence electrons. The molecule has 0 spiro atoms. The van der Waals surface area contributed by atoms with Crippen LogP contribution in [0.3, 0.4) is 0 Å². The zero-order valence-corrected chi connectivity index (χ0v) is 9.14. The Morgan fingerprint density at radius 3 is 3.08 bits per heavy atom. The number of rotatable bonds is 2. The molecule has 1 fully saturated rings. The van der Waals surface area contributed by atoms with Crippen molar-refractivity contribution >= 4 is 15.9 Å². The molecule has 1 aromatic heterocycles. The van der Waals surface area contributed by atoms with E-state index >= 15 is 0 Å². The van der Waals surface area contributed by atoms with Crippen molar-refractivity contribution in [1.29, 1.82) is 0 Å². The molecule has 3 heteroatoms. The Kier molecular flexibility index (Phi) is 3.06. The van der Waals surface area contributed by atoms with E-state index in [9.17, 15) is 0 Å². The fourth-order valence-electron chi connectivity index (χ4n) is 1.84. The fourth-order valence-corrected chi connectivity index (χ4v) is 2.22. The van der Waals surface area contributed by atoms with E-state index in [0.29, 0.717) is 6.04 Å². The molecule has 13 heavy (non-hydrogen) atoms. The van der Waals surface area contributed by atoms with Gasteiger partial charge in [-0.05, 0) is 53.4 Å². The van der Waals surface area contributed by atoms with E-state index in [1.54, 1.807) is 0 Å². The number of halogens is 1. The molecule has 1 N–H and O–H groups in total. The molecule has 1 saturated heterocycles. The number of piperidine rings is 1. The standard InChI is InChI=1S/C10H14BrNO/c11-10-6-8(7-13-10)5-9-3-1-2-4-12-9/h6-7,9,12H,1-5H2. The Bertz CT molecular complexity index is 266. The molecule has 1 aromatic rings. The lowest BCUT2D eigenvalue weighted by Crippen LogP contribution is -2.35. The van der Waals surface area contributed by atoms with Crippen LogP contribution in [0.25, 0.3) is 0 Å². The van der Waals surface area contributed by atoms with E-state index in [4.69, 9.17) is 4.42 Å². The van der Waals surface area contributed by atoms with Gasteiger partial charge in [-0.15, -0.1) is 0 Å². The van der Waals surface area contributed by atoms with E-state index in [0.717, 1.165) is 11.1 Å². The van der Waals surface area contributed by atoms with Gasteiger partial charge >= 0.3 is 0 Å². The number of nitrogens with one attached hydrogen (secondary N) is 1. The summed E-state index contributed by atoms with van der Waals surface area (Å²) in [5.41, 5.74) is 1.28. The third-order valence-corrected chi connectivity index (χ3v) is 2.93. The quantitative estimate of drug-likeness (QED) is 0.865. The normalized spacial score (nSPS) is 23.3. The predicted octanol–water partition coefficient (Wildman–Crippen LogP) is 2.73. The highest BCUT2D eigenvalue weighted by molar-refractivity contribution is 9.10. The van der Waals surface area contributed by atoms with Crippen LogP contribution in [0.2, 0.25) is 0 Å². The van der Waals surface area contributed by atoms with Crippen LogP contribution in [0.5, 0.6) is 0 Å². The summed E-state index contributed by atoms with van der Waals surface area (Å²) in [4.78, 5) is 0. The number of furan rings is 1. The van der Waals surface area contributed by atoms with Crippen molar-refractivity contribution in [1.82, 2.24) is 5.32 Å². The molecule has 2 heterocycles. The summed E-state index contributed by atoms with van der Waals surface area (Å²) in [5.74, 6) is 0. The molecular formula is C10H14BrNO. The SMILES string of the molecule is Brc1cc(CC2CCCCN2)co1. The highest BCUT2D eigenvalue weighted by Gasteiger charge is 2.13. The minimum absolute atomic E-state index is 0.651. The van der Waals surface area contributed by atoms with Gasteiger partial charge in [0.05, 0.1) is 6.26 Å². The Labute approximate surface area is 86.8 Å². The Morgan fingerprint density at radius 2 is 2.46 bits per heavy atom. The first-order valence-corrected chi connectivity index (χ1v) is 5.60. The van der Waals surface area contributed by atoms with E-state index in [2.05, 4.69) is 27.3 Å². The summed E-state index contributed by atoms with van der Waals surface area (Å²) in [6.07, 6.45) is 6.90. The highest BCUT2D eigenvalue weighted by atomic mass is 79.9. The summed E-state index contributed by atoms with van der Waals surface area (Å²) in [7, 11) is 0. The summed E-state index contributed by atoms with van der Waals surface area (Å²) in [5, 5.41) is 3.52. The number of hydrogen-bond acceptors (Lipinski definition) is 2. The molecule has 2 nitrogen and oxygen atoms in total. The molecule has 0 saturated carbocycles. The van der Waals surface area contributed by atoms with Crippen molar-refractivity contribution in [3.8, 4) is 0 Å². The van der Waals surface area contributed by atoms with Crippen LogP contribution in [-0.4, -0.2) is 12.6 Å². The van der Waals surface area contributed by atoms with E-state index in [1.165, 1.54) is 31.4 Å². The second kappa shape index (κ2) is 4.29. The van der Waals surface area contributed by atoms with Gasteiger partial charge in [-0.3, -0.25) is 0 Å². The van der Waals surface area contributed by atoms with E-state index in [-0.39, 0.29) is 0 Å². The van der Waals surface area contributed by atoms with Crippen LogP contribution < -0.4 is 5.32 Å². The van der Waals surface area contributed by atoms with Gasteiger partial charge in [-0.25, -0.2) is 0 Å². The molecule has 1 atom stereocenters. The maximum absolute atomic E-state index is 5.19. The van der Waals surface area contributed by atoms with Crippen molar-refractivity contribution in [3.05, 3.63) is 22.6 Å². The minimum atomic E-state index is 0.651. The lowest BCUT2D eigenvalue weighted by molar-refractivity contribution is 0.398. The highest BCUT2D eigenvalue weighted by Crippen LogP contribution is 2.18. The van der Waals surface area contributed by atoms with Crippen LogP contribution in [-0.2, 0) is 6.42 Å². The lowest BCUT2D eigenvalue weighted by Gasteiger charge is -2.22. The molecule has 1 aliphatic heterocycles. The zero-order valence-electron chi connectivity index (χ0n) is 7.55. The molecular weight excluding hydrogens is 230 g/mol. The Balaban J connectivity index is 1.89. The summed E-state index contributed by atoms with van der Waals surface area (Å²) < 4.78 is 6.03. The average molecular weight is 244 g/mol. The van der Waals surface area contributed by atoms with Gasteiger partial charge in [0.1, 0.15) is 0 Å². The summed E-state index contributed by atoms with van der Waals surface area (Å²) in [6.45, 7) is 1.17. The Hall–Kier alpha value is -0.280. The molecule has 0 amide bonds. The number of hydrogen-bond donors (Lipinski definition) is 1. The topological polar surface area (TPSA) is 25.2 Å². The van der Waals surface area contributed by atoms with Gasteiger partial charge in [0.25, 0.3) is 0 Å². The molecule has 0 aliphatic carbocycles. The molecule has 0 bridgehead atoms. The summed E-state index contributed by atoms with van der Waals surface area (Å²) >= 11 is 3.31. The van der Waals surface area contributed by atoms with Crippen LogP contribution in [0.15, 0.2) is 21.4 Å². The first kappa shape index (κ1) is 9.28. The lowest BCUT2D eigenvalue weighted by atomic mass is 9.99. The largest absolute Gasteiger partial charge is 0.457 e. The third-order valence-electron chi connectivity index (χ3n) is 2.52. The van der Waals surface area contributed by atoms with Crippen molar-refractivity contribution in [3.63, 3.8) is 0 Å². The van der Waals surface area contributed by atoms with Crippen LogP contribution in [0.1, 0.15) is 24.8 Å². The fraction of sp³-hybridized carbons (Fsp3) is 0.600. The maximum atomic E-state index is 5.19. The molecule has 0 radical (unpaired) electrons. The van der Waals surface area contributed by atoms with Gasteiger partial charge < -0.3 is 9.73 Å². The zero-order chi connectivity index (χ0) is 9.10. The van der Waals surface area contributed by atoms with Gasteiger partial charge in [-0.1, -0.05) is 6.42 Å². The van der Waals surface area contributed by atoms with Crippen molar-refractivity contribution in [2.75, 3.05) is 6.54 Å². The predicted molar refractivity (Wildman–Crippen MR) is 55.8 cm³/mol. The summed E-state index contributed by atoms with van der Waals surface area (Å²) in [6, 6.07) is 2.70. The van der Waals surface area contributed by atoms with Crippen LogP contribution in [0, 0.1) is 0 Å². The monoisotopic (exact) mass is 243 g/mol. The first-order chi connectivity index (χ1) is 6.34. The van der Waals surface area contributed by atoms with Crippen LogP contribution >= 0.6 is 15.9 Å².